The molecule has 9 heteroatoms. The Kier molecular flexibility index (Phi) is 44.7. The molecule has 6 N–H and O–H groups in total. The van der Waals surface area contributed by atoms with Crippen LogP contribution in [0.4, 0.5) is 0 Å². The van der Waals surface area contributed by atoms with Crippen LogP contribution >= 0.6 is 0 Å². The third-order valence-electron chi connectivity index (χ3n) is 13.1. The number of rotatable bonds is 47. The number of hydrogen-bond acceptors (Lipinski definition) is 8. The smallest absolute Gasteiger partial charge is 0.220 e. The number of unbranched alkanes of at least 4 members (excludes halogenated alkanes) is 29. The summed E-state index contributed by atoms with van der Waals surface area (Å²) in [4.78, 5) is 13.0. The van der Waals surface area contributed by atoms with E-state index in [9.17, 15) is 30.3 Å². The first-order valence-electron chi connectivity index (χ1n) is 28.0. The Morgan fingerprint density at radius 1 is 0.507 bits per heavy atom. The van der Waals surface area contributed by atoms with Crippen LogP contribution < -0.4 is 5.32 Å². The molecule has 0 aliphatic carbocycles. The maximum atomic E-state index is 13.0. The first kappa shape index (κ1) is 62.9. The van der Waals surface area contributed by atoms with Crippen LogP contribution in [0.25, 0.3) is 0 Å². The third-order valence-corrected chi connectivity index (χ3v) is 13.1. The van der Waals surface area contributed by atoms with Crippen LogP contribution in [0.1, 0.15) is 245 Å². The van der Waals surface area contributed by atoms with E-state index in [0.29, 0.717) is 6.42 Å². The SMILES string of the molecule is CCCCCCC/C=C\C/C=C\C/C=C\CCCCCCCCCCCCCCC(=O)NC(COC1OC(CO)C(O)C(O)C1O)C(O)/C=C/CC/C=C/CCCCCCCCCCCCC. The number of allylic oxidation sites excluding steroid dienone is 9. The van der Waals surface area contributed by atoms with Gasteiger partial charge >= 0.3 is 0 Å². The van der Waals surface area contributed by atoms with Crippen LogP contribution in [0.5, 0.6) is 0 Å². The Morgan fingerprint density at radius 2 is 0.896 bits per heavy atom. The molecule has 67 heavy (non-hydrogen) atoms. The number of carbonyl (C=O) groups is 1. The second kappa shape index (κ2) is 47.6. The topological polar surface area (TPSA) is 149 Å². The zero-order chi connectivity index (χ0) is 48.7. The average molecular weight is 944 g/mol. The van der Waals surface area contributed by atoms with E-state index in [2.05, 4.69) is 67.8 Å². The fourth-order valence-electron chi connectivity index (χ4n) is 8.59. The van der Waals surface area contributed by atoms with Crippen molar-refractivity contribution < 1.29 is 39.8 Å². The summed E-state index contributed by atoms with van der Waals surface area (Å²) in [5, 5.41) is 54.4. The molecule has 9 nitrogen and oxygen atoms in total. The molecule has 1 aliphatic rings. The molecule has 1 amide bonds. The van der Waals surface area contributed by atoms with Crippen molar-refractivity contribution in [3.8, 4) is 0 Å². The van der Waals surface area contributed by atoms with Crippen LogP contribution in [0.3, 0.4) is 0 Å². The van der Waals surface area contributed by atoms with Crippen molar-refractivity contribution in [3.05, 3.63) is 60.8 Å². The molecule has 0 aromatic heterocycles. The molecule has 1 aliphatic heterocycles. The Labute approximate surface area is 411 Å². The zero-order valence-corrected chi connectivity index (χ0v) is 43.1. The Balaban J connectivity index is 2.24. The molecule has 0 aromatic rings. The van der Waals surface area contributed by atoms with Gasteiger partial charge in [0, 0.05) is 6.42 Å². The van der Waals surface area contributed by atoms with Crippen molar-refractivity contribution in [2.75, 3.05) is 13.2 Å². The molecule has 1 rings (SSSR count). The summed E-state index contributed by atoms with van der Waals surface area (Å²) in [5.74, 6) is -0.189. The number of nitrogens with one attached hydrogen (secondary N) is 1. The average Bonchev–Trinajstić information content (AvgIpc) is 3.33. The van der Waals surface area contributed by atoms with Crippen LogP contribution in [-0.4, -0.2) is 87.5 Å². The fourth-order valence-corrected chi connectivity index (χ4v) is 8.59. The predicted molar refractivity (Wildman–Crippen MR) is 281 cm³/mol. The lowest BCUT2D eigenvalue weighted by atomic mass is 9.99. The molecule has 0 spiro atoms. The van der Waals surface area contributed by atoms with Crippen molar-refractivity contribution in [2.24, 2.45) is 0 Å². The highest BCUT2D eigenvalue weighted by Crippen LogP contribution is 2.23. The van der Waals surface area contributed by atoms with E-state index in [1.807, 2.05) is 6.08 Å². The molecular weight excluding hydrogens is 839 g/mol. The minimum absolute atomic E-state index is 0.189. The monoisotopic (exact) mass is 944 g/mol. The van der Waals surface area contributed by atoms with Crippen molar-refractivity contribution in [2.45, 2.75) is 288 Å². The standard InChI is InChI=1S/C58H105NO8/c1-3-5-7-9-11-13-15-17-19-21-22-23-24-25-26-27-28-29-30-32-34-36-38-40-42-44-46-48-54(62)59-51(50-66-58-57(65)56(64)55(63)53(49-60)67-58)52(61)47-45-43-41-39-37-35-33-31-20-18-16-14-12-10-8-6-4-2/h15,17,21-22,24-25,37,39,45,47,51-53,55-58,60-61,63-65H,3-14,16,18-20,23,26-36,38,40-44,46,48-50H2,1-2H3,(H,59,62)/b17-15-,22-21-,25-24-,39-37+,47-45+. The van der Waals surface area contributed by atoms with Gasteiger partial charge in [0.05, 0.1) is 25.4 Å². The van der Waals surface area contributed by atoms with E-state index >= 15 is 0 Å². The van der Waals surface area contributed by atoms with E-state index in [0.717, 1.165) is 51.4 Å². The van der Waals surface area contributed by atoms with E-state index in [1.165, 1.54) is 173 Å². The highest BCUT2D eigenvalue weighted by molar-refractivity contribution is 5.76. The van der Waals surface area contributed by atoms with Gasteiger partial charge in [-0.2, -0.15) is 0 Å². The summed E-state index contributed by atoms with van der Waals surface area (Å²) in [6, 6.07) is -0.825. The lowest BCUT2D eigenvalue weighted by Crippen LogP contribution is -2.60. The van der Waals surface area contributed by atoms with Gasteiger partial charge < -0.3 is 40.3 Å². The normalized spacial score (nSPS) is 20.1. The van der Waals surface area contributed by atoms with Gasteiger partial charge in [0.1, 0.15) is 24.4 Å². The van der Waals surface area contributed by atoms with E-state index in [1.54, 1.807) is 6.08 Å². The fraction of sp³-hybridized carbons (Fsp3) is 0.810. The maximum absolute atomic E-state index is 13.0. The number of aliphatic hydroxyl groups is 5. The minimum atomic E-state index is -1.57. The van der Waals surface area contributed by atoms with Gasteiger partial charge in [-0.25, -0.2) is 0 Å². The summed E-state index contributed by atoms with van der Waals surface area (Å²) < 4.78 is 11.2. The molecule has 1 saturated heterocycles. The van der Waals surface area contributed by atoms with Crippen molar-refractivity contribution in [1.82, 2.24) is 5.32 Å². The second-order valence-corrected chi connectivity index (χ2v) is 19.4. The molecule has 0 radical (unpaired) electrons. The van der Waals surface area contributed by atoms with Gasteiger partial charge in [-0.1, -0.05) is 229 Å². The summed E-state index contributed by atoms with van der Waals surface area (Å²) in [7, 11) is 0. The molecule has 390 valence electrons. The molecule has 1 fully saturated rings. The van der Waals surface area contributed by atoms with Gasteiger partial charge in [0.15, 0.2) is 6.29 Å². The first-order chi connectivity index (χ1) is 32.8. The highest BCUT2D eigenvalue weighted by Gasteiger charge is 2.44. The number of aliphatic hydroxyl groups excluding tert-OH is 5. The molecule has 7 unspecified atom stereocenters. The Morgan fingerprint density at radius 3 is 1.36 bits per heavy atom. The quantitative estimate of drug-likeness (QED) is 0.0261. The van der Waals surface area contributed by atoms with Gasteiger partial charge in [0.25, 0.3) is 0 Å². The number of hydrogen-bond donors (Lipinski definition) is 6. The van der Waals surface area contributed by atoms with Crippen molar-refractivity contribution >= 4 is 5.91 Å². The van der Waals surface area contributed by atoms with Crippen LogP contribution in [0.2, 0.25) is 0 Å². The first-order valence-corrected chi connectivity index (χ1v) is 28.0. The van der Waals surface area contributed by atoms with Crippen LogP contribution in [-0.2, 0) is 14.3 Å². The second-order valence-electron chi connectivity index (χ2n) is 19.4. The summed E-state index contributed by atoms with van der Waals surface area (Å²) in [6.45, 7) is 3.76. The molecule has 1 heterocycles. The van der Waals surface area contributed by atoms with E-state index < -0.39 is 49.5 Å². The number of amides is 1. The maximum Gasteiger partial charge on any atom is 0.220 e. The molecule has 0 saturated carbocycles. The summed E-state index contributed by atoms with van der Waals surface area (Å²) >= 11 is 0. The minimum Gasteiger partial charge on any atom is -0.394 e. The van der Waals surface area contributed by atoms with Gasteiger partial charge in [-0.3, -0.25) is 4.79 Å². The van der Waals surface area contributed by atoms with Gasteiger partial charge in [-0.15, -0.1) is 0 Å². The third kappa shape index (κ3) is 37.4. The molecule has 0 aromatic carbocycles. The van der Waals surface area contributed by atoms with Crippen LogP contribution in [0.15, 0.2) is 60.8 Å². The highest BCUT2D eigenvalue weighted by atomic mass is 16.7. The lowest BCUT2D eigenvalue weighted by Gasteiger charge is -2.40. The van der Waals surface area contributed by atoms with Crippen molar-refractivity contribution in [1.29, 1.82) is 0 Å². The summed E-state index contributed by atoms with van der Waals surface area (Å²) in [5.41, 5.74) is 0. The number of ether oxygens (including phenoxy) is 2. The van der Waals surface area contributed by atoms with E-state index in [4.69, 9.17) is 9.47 Å². The predicted octanol–water partition coefficient (Wildman–Crippen LogP) is 13.5. The van der Waals surface area contributed by atoms with Gasteiger partial charge in [0.2, 0.25) is 5.91 Å². The zero-order valence-electron chi connectivity index (χ0n) is 43.1. The van der Waals surface area contributed by atoms with Crippen molar-refractivity contribution in [3.63, 3.8) is 0 Å². The largest absolute Gasteiger partial charge is 0.394 e. The summed E-state index contributed by atoms with van der Waals surface area (Å²) in [6.07, 6.45) is 57.1. The van der Waals surface area contributed by atoms with E-state index in [-0.39, 0.29) is 12.5 Å². The molecule has 7 atom stereocenters. The number of carbonyl (C=O) groups excluding carboxylic acids is 1. The van der Waals surface area contributed by atoms with Gasteiger partial charge in [-0.05, 0) is 70.6 Å². The molecule has 0 bridgehead atoms. The molecular formula is C58H105NO8. The van der Waals surface area contributed by atoms with Crippen LogP contribution in [0, 0.1) is 0 Å². The Hall–Kier alpha value is -2.11. The lowest BCUT2D eigenvalue weighted by molar-refractivity contribution is -0.302. The Bertz CT molecular complexity index is 1230.